The molecule has 20 heavy (non-hydrogen) atoms. The molecule has 0 fully saturated rings. The second kappa shape index (κ2) is 7.06. The highest BCUT2D eigenvalue weighted by molar-refractivity contribution is 5.82. The maximum Gasteiger partial charge on any atom is 0.307 e. The van der Waals surface area contributed by atoms with E-state index in [0.29, 0.717) is 6.42 Å². The fourth-order valence-corrected chi connectivity index (χ4v) is 2.26. The van der Waals surface area contributed by atoms with E-state index < -0.39 is 0 Å². The molecule has 0 saturated heterocycles. The number of esters is 1. The number of ether oxygens (including phenoxy) is 1. The molecule has 0 spiro atoms. The van der Waals surface area contributed by atoms with E-state index in [2.05, 4.69) is 42.6 Å². The Labute approximate surface area is 119 Å². The number of fused-ring (bicyclic) bond motifs is 1. The van der Waals surface area contributed by atoms with E-state index in [1.807, 2.05) is 12.1 Å². The monoisotopic (exact) mass is 271 g/mol. The van der Waals surface area contributed by atoms with Gasteiger partial charge in [-0.05, 0) is 28.8 Å². The highest BCUT2D eigenvalue weighted by Crippen LogP contribution is 2.15. The Balaban J connectivity index is 1.99. The Morgan fingerprint density at radius 2 is 1.95 bits per heavy atom. The minimum absolute atomic E-state index is 0.161. The van der Waals surface area contributed by atoms with Crippen LogP contribution in [0.1, 0.15) is 25.3 Å². The first kappa shape index (κ1) is 14.5. The molecule has 2 rings (SSSR count). The van der Waals surface area contributed by atoms with Gasteiger partial charge in [0.15, 0.2) is 0 Å². The Bertz CT molecular complexity index is 580. The molecule has 0 heterocycles. The molecule has 0 amide bonds. The summed E-state index contributed by atoms with van der Waals surface area (Å²) >= 11 is 0. The average Bonchev–Trinajstić information content (AvgIpc) is 2.50. The Hall–Kier alpha value is -1.87. The van der Waals surface area contributed by atoms with Crippen molar-refractivity contribution in [2.75, 3.05) is 7.11 Å². The molecule has 0 aliphatic heterocycles. The summed E-state index contributed by atoms with van der Waals surface area (Å²) in [5.74, 6) is -0.164. The Morgan fingerprint density at radius 3 is 2.65 bits per heavy atom. The largest absolute Gasteiger partial charge is 0.469 e. The molecule has 2 aromatic rings. The van der Waals surface area contributed by atoms with Crippen molar-refractivity contribution in [3.05, 3.63) is 48.0 Å². The van der Waals surface area contributed by atoms with Crippen molar-refractivity contribution in [1.29, 1.82) is 0 Å². The lowest BCUT2D eigenvalue weighted by Crippen LogP contribution is -2.30. The summed E-state index contributed by atoms with van der Waals surface area (Å²) < 4.78 is 4.71. The molecule has 0 aliphatic carbocycles. The Morgan fingerprint density at radius 1 is 1.20 bits per heavy atom. The Kier molecular flexibility index (Phi) is 5.13. The molecule has 0 aliphatic rings. The van der Waals surface area contributed by atoms with Crippen molar-refractivity contribution in [1.82, 2.24) is 5.32 Å². The predicted octanol–water partition coefficient (Wildman–Crippen LogP) is 3.27. The van der Waals surface area contributed by atoms with Gasteiger partial charge in [0.05, 0.1) is 13.5 Å². The van der Waals surface area contributed by atoms with E-state index in [-0.39, 0.29) is 12.0 Å². The molecule has 0 aromatic heterocycles. The minimum Gasteiger partial charge on any atom is -0.469 e. The maximum atomic E-state index is 11.3. The predicted molar refractivity (Wildman–Crippen MR) is 81.5 cm³/mol. The minimum atomic E-state index is -0.164. The van der Waals surface area contributed by atoms with Crippen LogP contribution in [-0.2, 0) is 16.1 Å². The van der Waals surface area contributed by atoms with E-state index in [4.69, 9.17) is 4.74 Å². The van der Waals surface area contributed by atoms with Gasteiger partial charge in [-0.2, -0.15) is 0 Å². The summed E-state index contributed by atoms with van der Waals surface area (Å²) in [6.45, 7) is 2.83. The molecule has 1 N–H and O–H groups in total. The van der Waals surface area contributed by atoms with E-state index in [1.54, 1.807) is 0 Å². The van der Waals surface area contributed by atoms with Crippen LogP contribution >= 0.6 is 0 Å². The van der Waals surface area contributed by atoms with Crippen LogP contribution in [0.2, 0.25) is 0 Å². The topological polar surface area (TPSA) is 38.3 Å². The van der Waals surface area contributed by atoms with Gasteiger partial charge in [-0.25, -0.2) is 0 Å². The van der Waals surface area contributed by atoms with Crippen molar-refractivity contribution in [2.45, 2.75) is 32.4 Å². The van der Waals surface area contributed by atoms with Gasteiger partial charge in [0, 0.05) is 12.6 Å². The van der Waals surface area contributed by atoms with Gasteiger partial charge in [0.25, 0.3) is 0 Å². The van der Waals surface area contributed by atoms with Crippen molar-refractivity contribution < 1.29 is 9.53 Å². The summed E-state index contributed by atoms with van der Waals surface area (Å²) in [5.41, 5.74) is 1.23. The van der Waals surface area contributed by atoms with Crippen LogP contribution in [-0.4, -0.2) is 19.1 Å². The van der Waals surface area contributed by atoms with Crippen LogP contribution in [0.4, 0.5) is 0 Å². The highest BCUT2D eigenvalue weighted by atomic mass is 16.5. The standard InChI is InChI=1S/C17H21NO2/c1-3-16(11-17(19)20-2)18-12-13-8-9-14-6-4-5-7-15(14)10-13/h4-10,16,18H,3,11-12H2,1-2H3. The summed E-state index contributed by atoms with van der Waals surface area (Å²) in [4.78, 5) is 11.3. The van der Waals surface area contributed by atoms with Gasteiger partial charge in [-0.3, -0.25) is 4.79 Å². The molecular weight excluding hydrogens is 250 g/mol. The fourth-order valence-electron chi connectivity index (χ4n) is 2.26. The molecule has 1 atom stereocenters. The molecule has 0 saturated carbocycles. The number of carbonyl (C=O) groups is 1. The third kappa shape index (κ3) is 3.81. The molecule has 3 nitrogen and oxygen atoms in total. The first-order valence-corrected chi connectivity index (χ1v) is 7.00. The second-order valence-electron chi connectivity index (χ2n) is 4.95. The van der Waals surface area contributed by atoms with Crippen LogP contribution in [0.15, 0.2) is 42.5 Å². The zero-order valence-electron chi connectivity index (χ0n) is 12.1. The van der Waals surface area contributed by atoms with Gasteiger partial charge in [0.1, 0.15) is 0 Å². The number of nitrogens with one attached hydrogen (secondary N) is 1. The number of carbonyl (C=O) groups excluding carboxylic acids is 1. The first-order chi connectivity index (χ1) is 9.72. The summed E-state index contributed by atoms with van der Waals surface area (Å²) in [6.07, 6.45) is 1.32. The van der Waals surface area contributed by atoms with Crippen molar-refractivity contribution >= 4 is 16.7 Å². The molecule has 0 radical (unpaired) electrons. The fraction of sp³-hybridized carbons (Fsp3) is 0.353. The zero-order chi connectivity index (χ0) is 14.4. The van der Waals surface area contributed by atoms with Crippen LogP contribution in [0.3, 0.4) is 0 Å². The summed E-state index contributed by atoms with van der Waals surface area (Å²) in [6, 6.07) is 14.9. The maximum absolute atomic E-state index is 11.3. The summed E-state index contributed by atoms with van der Waals surface area (Å²) in [7, 11) is 1.43. The normalized spacial score (nSPS) is 12.3. The smallest absolute Gasteiger partial charge is 0.307 e. The van der Waals surface area contributed by atoms with Crippen LogP contribution in [0.25, 0.3) is 10.8 Å². The van der Waals surface area contributed by atoms with Crippen LogP contribution in [0.5, 0.6) is 0 Å². The number of rotatable bonds is 6. The zero-order valence-corrected chi connectivity index (χ0v) is 12.1. The molecule has 3 heteroatoms. The molecule has 1 unspecified atom stereocenters. The van der Waals surface area contributed by atoms with Gasteiger partial charge < -0.3 is 10.1 Å². The lowest BCUT2D eigenvalue weighted by atomic mass is 10.1. The third-order valence-electron chi connectivity index (χ3n) is 3.54. The first-order valence-electron chi connectivity index (χ1n) is 7.00. The third-order valence-corrected chi connectivity index (χ3v) is 3.54. The number of hydrogen-bond donors (Lipinski definition) is 1. The molecule has 2 aromatic carbocycles. The highest BCUT2D eigenvalue weighted by Gasteiger charge is 2.11. The van der Waals surface area contributed by atoms with Crippen LogP contribution < -0.4 is 5.32 Å². The van der Waals surface area contributed by atoms with E-state index in [0.717, 1.165) is 13.0 Å². The average molecular weight is 271 g/mol. The lowest BCUT2D eigenvalue weighted by Gasteiger charge is -2.16. The SMILES string of the molecule is CCC(CC(=O)OC)NCc1ccc2ccccc2c1. The van der Waals surface area contributed by atoms with Gasteiger partial charge >= 0.3 is 5.97 Å². The lowest BCUT2D eigenvalue weighted by molar-refractivity contribution is -0.141. The van der Waals surface area contributed by atoms with E-state index >= 15 is 0 Å². The van der Waals surface area contributed by atoms with Crippen molar-refractivity contribution in [3.63, 3.8) is 0 Å². The second-order valence-corrected chi connectivity index (χ2v) is 4.95. The van der Waals surface area contributed by atoms with Crippen LogP contribution in [0, 0.1) is 0 Å². The van der Waals surface area contributed by atoms with Gasteiger partial charge in [0.2, 0.25) is 0 Å². The van der Waals surface area contributed by atoms with Gasteiger partial charge in [-0.15, -0.1) is 0 Å². The molecular formula is C17H21NO2. The summed E-state index contributed by atoms with van der Waals surface area (Å²) in [5, 5.41) is 5.91. The van der Waals surface area contributed by atoms with Crippen molar-refractivity contribution in [3.8, 4) is 0 Å². The molecule has 106 valence electrons. The van der Waals surface area contributed by atoms with E-state index in [1.165, 1.54) is 23.4 Å². The van der Waals surface area contributed by atoms with Gasteiger partial charge in [-0.1, -0.05) is 43.3 Å². The molecule has 0 bridgehead atoms. The number of methoxy groups -OCH3 is 1. The number of benzene rings is 2. The van der Waals surface area contributed by atoms with Crippen molar-refractivity contribution in [2.24, 2.45) is 0 Å². The number of hydrogen-bond acceptors (Lipinski definition) is 3. The van der Waals surface area contributed by atoms with E-state index in [9.17, 15) is 4.79 Å². The quantitative estimate of drug-likeness (QED) is 0.819.